The zero-order valence-electron chi connectivity index (χ0n) is 10.6. The molecule has 0 atom stereocenters. The van der Waals surface area contributed by atoms with Crippen LogP contribution in [0.2, 0.25) is 0 Å². The van der Waals surface area contributed by atoms with Crippen LogP contribution in [0.15, 0.2) is 24.6 Å². The second-order valence-electron chi connectivity index (χ2n) is 4.71. The molecule has 19 heavy (non-hydrogen) atoms. The van der Waals surface area contributed by atoms with Crippen molar-refractivity contribution in [3.63, 3.8) is 0 Å². The summed E-state index contributed by atoms with van der Waals surface area (Å²) < 4.78 is 38.1. The Labute approximate surface area is 108 Å². The summed E-state index contributed by atoms with van der Waals surface area (Å²) >= 11 is 0. The van der Waals surface area contributed by atoms with Crippen molar-refractivity contribution >= 4 is 6.09 Å². The predicted molar refractivity (Wildman–Crippen MR) is 62.4 cm³/mol. The summed E-state index contributed by atoms with van der Waals surface area (Å²) in [4.78, 5) is 11.1. The lowest BCUT2D eigenvalue weighted by molar-refractivity contribution is -0.216. The van der Waals surface area contributed by atoms with Crippen LogP contribution in [0, 0.1) is 5.41 Å². The number of rotatable bonds is 4. The fourth-order valence-corrected chi connectivity index (χ4v) is 1.32. The van der Waals surface area contributed by atoms with Gasteiger partial charge in [-0.1, -0.05) is 13.8 Å². The summed E-state index contributed by atoms with van der Waals surface area (Å²) in [6, 6.07) is 0. The standard InChI is InChI=1S/C11H16F3N3O2/c1-10(2,11(12,13)14)5-8-16(9(18)19)17-7-4-3-6-15-17/h3-4,6-7,15H,5,8H2,1-2H3,(H,18,19). The number of allylic oxidation sites excluding steroid dienone is 2. The molecule has 0 aliphatic carbocycles. The molecule has 1 heterocycles. The fraction of sp³-hybridized carbons (Fsp3) is 0.545. The van der Waals surface area contributed by atoms with Gasteiger partial charge in [0.2, 0.25) is 0 Å². The van der Waals surface area contributed by atoms with Gasteiger partial charge in [0.25, 0.3) is 0 Å². The number of hydrogen-bond donors (Lipinski definition) is 2. The molecule has 1 aliphatic heterocycles. The minimum absolute atomic E-state index is 0.271. The van der Waals surface area contributed by atoms with Crippen LogP contribution in [-0.4, -0.2) is 34.0 Å². The molecular formula is C11H16F3N3O2. The van der Waals surface area contributed by atoms with Gasteiger partial charge in [0.1, 0.15) is 0 Å². The van der Waals surface area contributed by atoms with E-state index >= 15 is 0 Å². The van der Waals surface area contributed by atoms with Crippen LogP contribution in [0.3, 0.4) is 0 Å². The fourth-order valence-electron chi connectivity index (χ4n) is 1.32. The van der Waals surface area contributed by atoms with Crippen molar-refractivity contribution in [3.05, 3.63) is 24.6 Å². The third-order valence-electron chi connectivity index (χ3n) is 2.84. The largest absolute Gasteiger partial charge is 0.464 e. The van der Waals surface area contributed by atoms with Crippen LogP contribution in [0.5, 0.6) is 0 Å². The lowest BCUT2D eigenvalue weighted by atomic mass is 9.88. The first-order valence-electron chi connectivity index (χ1n) is 5.61. The van der Waals surface area contributed by atoms with Gasteiger partial charge in [0, 0.05) is 18.9 Å². The van der Waals surface area contributed by atoms with E-state index in [2.05, 4.69) is 5.43 Å². The Morgan fingerprint density at radius 3 is 2.42 bits per heavy atom. The van der Waals surface area contributed by atoms with Gasteiger partial charge in [0.15, 0.2) is 0 Å². The Hall–Kier alpha value is -1.86. The van der Waals surface area contributed by atoms with Crippen molar-refractivity contribution in [1.29, 1.82) is 0 Å². The summed E-state index contributed by atoms with van der Waals surface area (Å²) in [5.41, 5.74) is 0.657. The average Bonchev–Trinajstić information content (AvgIpc) is 2.28. The van der Waals surface area contributed by atoms with Crippen molar-refractivity contribution in [2.45, 2.75) is 26.4 Å². The van der Waals surface area contributed by atoms with Crippen LogP contribution in [0.25, 0.3) is 0 Å². The van der Waals surface area contributed by atoms with Crippen molar-refractivity contribution in [2.24, 2.45) is 5.41 Å². The van der Waals surface area contributed by atoms with Crippen LogP contribution < -0.4 is 5.43 Å². The quantitative estimate of drug-likeness (QED) is 0.830. The maximum absolute atomic E-state index is 12.7. The highest BCUT2D eigenvalue weighted by atomic mass is 19.4. The zero-order valence-corrected chi connectivity index (χ0v) is 10.6. The molecule has 0 aromatic carbocycles. The molecule has 1 amide bonds. The SMILES string of the molecule is CC(C)(CCN(C(=O)O)N1C=CC=CN1)C(F)(F)F. The smallest absolute Gasteiger partial charge is 0.427 e. The van der Waals surface area contributed by atoms with Gasteiger partial charge in [-0.3, -0.25) is 5.43 Å². The van der Waals surface area contributed by atoms with Crippen LogP contribution >= 0.6 is 0 Å². The van der Waals surface area contributed by atoms with E-state index in [1.165, 1.54) is 12.4 Å². The van der Waals surface area contributed by atoms with E-state index in [4.69, 9.17) is 5.11 Å². The van der Waals surface area contributed by atoms with Gasteiger partial charge < -0.3 is 5.11 Å². The third kappa shape index (κ3) is 3.80. The number of alkyl halides is 3. The van der Waals surface area contributed by atoms with E-state index in [9.17, 15) is 18.0 Å². The Balaban J connectivity index is 2.68. The van der Waals surface area contributed by atoms with E-state index < -0.39 is 17.7 Å². The first-order valence-corrected chi connectivity index (χ1v) is 5.61. The highest BCUT2D eigenvalue weighted by Crippen LogP contribution is 2.40. The van der Waals surface area contributed by atoms with Crippen molar-refractivity contribution < 1.29 is 23.1 Å². The van der Waals surface area contributed by atoms with Crippen molar-refractivity contribution in [2.75, 3.05) is 6.54 Å². The molecule has 8 heteroatoms. The molecule has 0 saturated heterocycles. The lowest BCUT2D eigenvalue weighted by Gasteiger charge is -2.35. The molecule has 0 bridgehead atoms. The van der Waals surface area contributed by atoms with E-state index in [0.29, 0.717) is 0 Å². The molecule has 1 rings (SSSR count). The maximum atomic E-state index is 12.7. The summed E-state index contributed by atoms with van der Waals surface area (Å²) in [7, 11) is 0. The van der Waals surface area contributed by atoms with Gasteiger partial charge >= 0.3 is 12.3 Å². The molecule has 0 spiro atoms. The number of amides is 1. The molecule has 5 nitrogen and oxygen atoms in total. The van der Waals surface area contributed by atoms with E-state index in [0.717, 1.165) is 24.0 Å². The normalized spacial score (nSPS) is 15.3. The molecule has 108 valence electrons. The second-order valence-corrected chi connectivity index (χ2v) is 4.71. The number of carbonyl (C=O) groups is 1. The summed E-state index contributed by atoms with van der Waals surface area (Å²) in [5.74, 6) is 0. The van der Waals surface area contributed by atoms with Crippen LogP contribution in [0.4, 0.5) is 18.0 Å². The van der Waals surface area contributed by atoms with E-state index in [1.807, 2.05) is 0 Å². The van der Waals surface area contributed by atoms with Crippen molar-refractivity contribution in [1.82, 2.24) is 15.6 Å². The minimum atomic E-state index is -4.37. The number of nitrogens with one attached hydrogen (secondary N) is 1. The molecule has 0 fully saturated rings. The lowest BCUT2D eigenvalue weighted by Crippen LogP contribution is -2.50. The number of carboxylic acid groups (broad SMARTS) is 1. The van der Waals surface area contributed by atoms with Gasteiger partial charge in [-0.25, -0.2) is 9.80 Å². The van der Waals surface area contributed by atoms with Crippen LogP contribution in [-0.2, 0) is 0 Å². The van der Waals surface area contributed by atoms with Gasteiger partial charge in [-0.15, -0.1) is 0 Å². The topological polar surface area (TPSA) is 55.8 Å². The first-order chi connectivity index (χ1) is 8.65. The number of halogens is 3. The Morgan fingerprint density at radius 2 is 2.00 bits per heavy atom. The number of hydrogen-bond acceptors (Lipinski definition) is 3. The highest BCUT2D eigenvalue weighted by molar-refractivity contribution is 5.64. The number of nitrogens with zero attached hydrogens (tertiary/aromatic N) is 2. The Kier molecular flexibility index (Phi) is 4.33. The molecule has 0 saturated carbocycles. The molecule has 0 radical (unpaired) electrons. The molecule has 1 aliphatic rings. The highest BCUT2D eigenvalue weighted by Gasteiger charge is 2.47. The maximum Gasteiger partial charge on any atom is 0.427 e. The van der Waals surface area contributed by atoms with E-state index in [1.54, 1.807) is 12.2 Å². The first kappa shape index (κ1) is 15.2. The second kappa shape index (κ2) is 5.41. The van der Waals surface area contributed by atoms with Crippen molar-refractivity contribution in [3.8, 4) is 0 Å². The van der Waals surface area contributed by atoms with E-state index in [-0.39, 0.29) is 13.0 Å². The summed E-state index contributed by atoms with van der Waals surface area (Å²) in [6.45, 7) is 1.83. The van der Waals surface area contributed by atoms with Gasteiger partial charge in [0.05, 0.1) is 5.41 Å². The molecule has 0 unspecified atom stereocenters. The monoisotopic (exact) mass is 279 g/mol. The number of hydrazine groups is 2. The minimum Gasteiger partial charge on any atom is -0.464 e. The Bertz CT molecular complexity index is 391. The summed E-state index contributed by atoms with van der Waals surface area (Å²) in [5, 5.41) is 10.9. The average molecular weight is 279 g/mol. The molecule has 2 N–H and O–H groups in total. The predicted octanol–water partition coefficient (Wildman–Crippen LogP) is 2.71. The molecule has 0 aromatic heterocycles. The van der Waals surface area contributed by atoms with Crippen LogP contribution in [0.1, 0.15) is 20.3 Å². The molecular weight excluding hydrogens is 263 g/mol. The Morgan fingerprint density at radius 1 is 1.37 bits per heavy atom. The van der Waals surface area contributed by atoms with Gasteiger partial charge in [-0.2, -0.15) is 18.3 Å². The van der Waals surface area contributed by atoms with Gasteiger partial charge in [-0.05, 0) is 18.6 Å². The third-order valence-corrected chi connectivity index (χ3v) is 2.84. The molecule has 0 aromatic rings. The summed E-state index contributed by atoms with van der Waals surface area (Å²) in [6.07, 6.45) is 0.0584. The zero-order chi connectivity index (χ0) is 14.7.